The molecule has 1 rings (SSSR count). The van der Waals surface area contributed by atoms with Crippen molar-refractivity contribution >= 4 is 5.97 Å². The van der Waals surface area contributed by atoms with E-state index in [9.17, 15) is 9.90 Å². The fraction of sp³-hybridized carbons (Fsp3) is 0.933. The lowest BCUT2D eigenvalue weighted by atomic mass is 9.94. The summed E-state index contributed by atoms with van der Waals surface area (Å²) in [5, 5.41) is 12.4. The molecule has 0 aromatic heterocycles. The van der Waals surface area contributed by atoms with Crippen molar-refractivity contribution in [2.45, 2.75) is 38.6 Å². The molecule has 2 N–H and O–H groups in total. The predicted molar refractivity (Wildman–Crippen MR) is 82.1 cm³/mol. The van der Waals surface area contributed by atoms with Crippen molar-refractivity contribution in [1.29, 1.82) is 0 Å². The van der Waals surface area contributed by atoms with E-state index < -0.39 is 11.5 Å². The van der Waals surface area contributed by atoms with Crippen molar-refractivity contribution in [2.24, 2.45) is 5.92 Å². The maximum atomic E-state index is 11.4. The van der Waals surface area contributed by atoms with Gasteiger partial charge in [0.25, 0.3) is 0 Å². The number of likely N-dealkylation sites (tertiary alicyclic amines) is 1. The molecule has 1 aliphatic rings. The van der Waals surface area contributed by atoms with Gasteiger partial charge in [-0.15, -0.1) is 0 Å². The summed E-state index contributed by atoms with van der Waals surface area (Å²) in [6.07, 6.45) is 3.11. The van der Waals surface area contributed by atoms with Crippen LogP contribution in [0.1, 0.15) is 33.1 Å². The van der Waals surface area contributed by atoms with Crippen molar-refractivity contribution in [1.82, 2.24) is 15.1 Å². The van der Waals surface area contributed by atoms with Gasteiger partial charge in [0.05, 0.1) is 0 Å². The molecule has 1 fully saturated rings. The number of hydrogen-bond acceptors (Lipinski definition) is 4. The Morgan fingerprint density at radius 1 is 1.40 bits per heavy atom. The number of carboxylic acids is 1. The molecule has 1 heterocycles. The highest BCUT2D eigenvalue weighted by atomic mass is 16.4. The zero-order chi connectivity index (χ0) is 15.2. The van der Waals surface area contributed by atoms with Gasteiger partial charge in [0, 0.05) is 13.1 Å². The Kier molecular flexibility index (Phi) is 6.92. The zero-order valence-corrected chi connectivity index (χ0v) is 13.5. The third kappa shape index (κ3) is 5.38. The first-order valence-corrected chi connectivity index (χ1v) is 7.73. The van der Waals surface area contributed by atoms with Gasteiger partial charge in [-0.25, -0.2) is 0 Å². The van der Waals surface area contributed by atoms with E-state index in [4.69, 9.17) is 0 Å². The highest BCUT2D eigenvalue weighted by Crippen LogP contribution is 2.19. The summed E-state index contributed by atoms with van der Waals surface area (Å²) in [5.41, 5.74) is -0.796. The Balaban J connectivity index is 2.34. The van der Waals surface area contributed by atoms with Crippen LogP contribution in [0.15, 0.2) is 0 Å². The number of nitrogens with one attached hydrogen (secondary N) is 1. The number of piperidine rings is 1. The molecule has 1 saturated heterocycles. The smallest absolute Gasteiger partial charge is 0.323 e. The third-order valence-electron chi connectivity index (χ3n) is 4.30. The van der Waals surface area contributed by atoms with Crippen molar-refractivity contribution < 1.29 is 9.90 Å². The molecule has 118 valence electrons. The number of carbonyl (C=O) groups is 1. The number of rotatable bonds is 8. The van der Waals surface area contributed by atoms with Crippen LogP contribution >= 0.6 is 0 Å². The monoisotopic (exact) mass is 285 g/mol. The minimum absolute atomic E-state index is 0.661. The van der Waals surface area contributed by atoms with Gasteiger partial charge in [-0.2, -0.15) is 0 Å². The van der Waals surface area contributed by atoms with Gasteiger partial charge in [0.2, 0.25) is 0 Å². The molecule has 0 aromatic carbocycles. The van der Waals surface area contributed by atoms with Gasteiger partial charge < -0.3 is 20.2 Å². The van der Waals surface area contributed by atoms with Crippen molar-refractivity contribution in [3.63, 3.8) is 0 Å². The first kappa shape index (κ1) is 17.4. The predicted octanol–water partition coefficient (Wildman–Crippen LogP) is 1.10. The summed E-state index contributed by atoms with van der Waals surface area (Å²) in [6.45, 7) is 8.66. The Hall–Kier alpha value is -0.650. The van der Waals surface area contributed by atoms with Gasteiger partial charge in [-0.1, -0.05) is 6.92 Å². The van der Waals surface area contributed by atoms with E-state index in [1.807, 2.05) is 6.92 Å². The number of carboxylic acid groups (broad SMARTS) is 1. The van der Waals surface area contributed by atoms with Crippen molar-refractivity contribution in [3.8, 4) is 0 Å². The van der Waals surface area contributed by atoms with Crippen LogP contribution in [0.5, 0.6) is 0 Å². The summed E-state index contributed by atoms with van der Waals surface area (Å²) in [6, 6.07) is 0. The highest BCUT2D eigenvalue weighted by molar-refractivity contribution is 5.78. The van der Waals surface area contributed by atoms with Gasteiger partial charge in [-0.3, -0.25) is 4.79 Å². The van der Waals surface area contributed by atoms with Crippen LogP contribution in [0.25, 0.3) is 0 Å². The lowest BCUT2D eigenvalue weighted by Gasteiger charge is -2.35. The first-order valence-electron chi connectivity index (χ1n) is 7.73. The molecular weight excluding hydrogens is 254 g/mol. The first-order chi connectivity index (χ1) is 9.37. The Bertz CT molecular complexity index is 301. The SMILES string of the molecule is CCNC(C)(CCN1CCC(CN(C)C)CC1)C(=O)O. The Morgan fingerprint density at radius 2 is 2.00 bits per heavy atom. The molecule has 20 heavy (non-hydrogen) atoms. The van der Waals surface area contributed by atoms with E-state index in [2.05, 4.69) is 29.2 Å². The molecule has 0 aliphatic carbocycles. The molecule has 5 nitrogen and oxygen atoms in total. The molecule has 1 aliphatic heterocycles. The fourth-order valence-electron chi connectivity index (χ4n) is 2.95. The molecule has 0 aromatic rings. The van der Waals surface area contributed by atoms with Crippen molar-refractivity contribution in [2.75, 3.05) is 46.8 Å². The average molecular weight is 285 g/mol. The topological polar surface area (TPSA) is 55.8 Å². The summed E-state index contributed by atoms with van der Waals surface area (Å²) < 4.78 is 0. The third-order valence-corrected chi connectivity index (χ3v) is 4.30. The lowest BCUT2D eigenvalue weighted by molar-refractivity contribution is -0.144. The van der Waals surface area contributed by atoms with Gasteiger partial charge in [0.15, 0.2) is 0 Å². The van der Waals surface area contributed by atoms with E-state index in [0.29, 0.717) is 13.0 Å². The fourth-order valence-corrected chi connectivity index (χ4v) is 2.95. The van der Waals surface area contributed by atoms with E-state index in [1.54, 1.807) is 6.92 Å². The number of hydrogen-bond donors (Lipinski definition) is 2. The lowest BCUT2D eigenvalue weighted by Crippen LogP contribution is -2.51. The quantitative estimate of drug-likeness (QED) is 0.699. The Morgan fingerprint density at radius 3 is 2.45 bits per heavy atom. The minimum Gasteiger partial charge on any atom is -0.480 e. The number of likely N-dealkylation sites (N-methyl/N-ethyl adjacent to an activating group) is 1. The molecule has 1 unspecified atom stereocenters. The number of aliphatic carboxylic acids is 1. The van der Waals surface area contributed by atoms with Crippen LogP contribution in [0, 0.1) is 5.92 Å². The molecule has 0 bridgehead atoms. The van der Waals surface area contributed by atoms with Crippen LogP contribution in [-0.2, 0) is 4.79 Å². The van der Waals surface area contributed by atoms with E-state index in [-0.39, 0.29) is 0 Å². The normalized spacial score (nSPS) is 21.1. The Labute approximate surface area is 123 Å². The van der Waals surface area contributed by atoms with Gasteiger partial charge in [-0.05, 0) is 65.8 Å². The van der Waals surface area contributed by atoms with Gasteiger partial charge >= 0.3 is 5.97 Å². The molecule has 1 atom stereocenters. The van der Waals surface area contributed by atoms with Crippen LogP contribution < -0.4 is 5.32 Å². The molecule has 0 amide bonds. The standard InChI is InChI=1S/C15H31N3O2/c1-5-16-15(2,14(19)20)8-11-18-9-6-13(7-10-18)12-17(3)4/h13,16H,5-12H2,1-4H3,(H,19,20). The minimum atomic E-state index is -0.796. The average Bonchev–Trinajstić information content (AvgIpc) is 2.37. The van der Waals surface area contributed by atoms with E-state index >= 15 is 0 Å². The molecule has 0 spiro atoms. The van der Waals surface area contributed by atoms with Crippen LogP contribution in [0.3, 0.4) is 0 Å². The van der Waals surface area contributed by atoms with Crippen molar-refractivity contribution in [3.05, 3.63) is 0 Å². The van der Waals surface area contributed by atoms with Crippen LogP contribution in [-0.4, -0.2) is 73.2 Å². The second-order valence-corrected chi connectivity index (χ2v) is 6.46. The summed E-state index contributed by atoms with van der Waals surface area (Å²) in [4.78, 5) is 16.0. The zero-order valence-electron chi connectivity index (χ0n) is 13.5. The molecule has 0 radical (unpaired) electrons. The molecule has 0 saturated carbocycles. The summed E-state index contributed by atoms with van der Waals surface area (Å²) >= 11 is 0. The summed E-state index contributed by atoms with van der Waals surface area (Å²) in [5.74, 6) is 0.0442. The van der Waals surface area contributed by atoms with Gasteiger partial charge in [0.1, 0.15) is 5.54 Å². The maximum absolute atomic E-state index is 11.4. The largest absolute Gasteiger partial charge is 0.480 e. The number of nitrogens with zero attached hydrogens (tertiary/aromatic N) is 2. The second-order valence-electron chi connectivity index (χ2n) is 6.46. The highest BCUT2D eigenvalue weighted by Gasteiger charge is 2.32. The second kappa shape index (κ2) is 7.96. The van der Waals surface area contributed by atoms with Crippen LogP contribution in [0.2, 0.25) is 0 Å². The van der Waals surface area contributed by atoms with E-state index in [1.165, 1.54) is 12.8 Å². The molecular formula is C15H31N3O2. The molecule has 5 heteroatoms. The van der Waals surface area contributed by atoms with Crippen LogP contribution in [0.4, 0.5) is 0 Å². The summed E-state index contributed by atoms with van der Waals surface area (Å²) in [7, 11) is 4.25. The van der Waals surface area contributed by atoms with E-state index in [0.717, 1.165) is 32.1 Å². The maximum Gasteiger partial charge on any atom is 0.323 e.